The quantitative estimate of drug-likeness (QED) is 0.142. The summed E-state index contributed by atoms with van der Waals surface area (Å²) < 4.78 is 11.8. The van der Waals surface area contributed by atoms with Crippen molar-refractivity contribution in [3.05, 3.63) is 137 Å². The molecule has 0 radical (unpaired) electrons. The van der Waals surface area contributed by atoms with Gasteiger partial charge in [0.25, 0.3) is 0 Å². The summed E-state index contributed by atoms with van der Waals surface area (Å²) in [6, 6.07) is 33.4. The van der Waals surface area contributed by atoms with E-state index in [9.17, 15) is 9.59 Å². The Morgan fingerprint density at radius 3 is 2.30 bits per heavy atom. The maximum atomic E-state index is 13.0. The summed E-state index contributed by atoms with van der Waals surface area (Å²) in [4.78, 5) is 29.6. The standard InChI is InChI=1S/C34H30N2O4/c1-24-31(36-34(40-24)27-12-6-3-7-13-27)20-21-39-29-18-16-25(17-19-29)22-28(23-37)35-32-15-9-8-14-30(32)33(38)26-10-4-2-5-11-26/h2-19,23,28,35H,20-22H2,1H3/t28-/m1/s1. The van der Waals surface area contributed by atoms with E-state index in [0.29, 0.717) is 42.2 Å². The summed E-state index contributed by atoms with van der Waals surface area (Å²) in [5.41, 5.74) is 4.56. The van der Waals surface area contributed by atoms with E-state index in [1.807, 2.05) is 97.9 Å². The second kappa shape index (κ2) is 12.7. The first kappa shape index (κ1) is 26.6. The van der Waals surface area contributed by atoms with Crippen LogP contribution in [-0.2, 0) is 17.6 Å². The third-order valence-electron chi connectivity index (χ3n) is 6.61. The van der Waals surface area contributed by atoms with E-state index in [2.05, 4.69) is 10.3 Å². The normalized spacial score (nSPS) is 11.5. The Hall–Kier alpha value is -4.97. The number of benzene rings is 4. The zero-order valence-electron chi connectivity index (χ0n) is 22.2. The SMILES string of the molecule is Cc1oc(-c2ccccc2)nc1CCOc1ccc(C[C@H](C=O)Nc2ccccc2C(=O)c2ccccc2)cc1. The van der Waals surface area contributed by atoms with E-state index in [-0.39, 0.29) is 5.78 Å². The Bertz CT molecular complexity index is 1560. The number of nitrogens with zero attached hydrogens (tertiary/aromatic N) is 1. The Labute approximate surface area is 233 Å². The molecule has 0 unspecified atom stereocenters. The number of rotatable bonds is 12. The first-order chi connectivity index (χ1) is 19.6. The molecule has 1 N–H and O–H groups in total. The summed E-state index contributed by atoms with van der Waals surface area (Å²) >= 11 is 0. The van der Waals surface area contributed by atoms with Gasteiger partial charge in [0.05, 0.1) is 18.3 Å². The van der Waals surface area contributed by atoms with Gasteiger partial charge in [-0.05, 0) is 55.3 Å². The monoisotopic (exact) mass is 530 g/mol. The highest BCUT2D eigenvalue weighted by molar-refractivity contribution is 6.12. The summed E-state index contributed by atoms with van der Waals surface area (Å²) in [6.07, 6.45) is 1.97. The number of aromatic nitrogens is 1. The average molecular weight is 531 g/mol. The van der Waals surface area contributed by atoms with Crippen LogP contribution in [0.1, 0.15) is 32.9 Å². The third-order valence-corrected chi connectivity index (χ3v) is 6.61. The number of carbonyl (C=O) groups excluding carboxylic acids is 2. The number of carbonyl (C=O) groups is 2. The van der Waals surface area contributed by atoms with Crippen molar-refractivity contribution >= 4 is 17.8 Å². The van der Waals surface area contributed by atoms with Gasteiger partial charge in [0, 0.05) is 28.8 Å². The average Bonchev–Trinajstić information content (AvgIpc) is 3.38. The number of para-hydroxylation sites is 1. The molecule has 6 nitrogen and oxygen atoms in total. The van der Waals surface area contributed by atoms with E-state index in [1.165, 1.54) is 0 Å². The van der Waals surface area contributed by atoms with Crippen LogP contribution < -0.4 is 10.1 Å². The van der Waals surface area contributed by atoms with E-state index in [4.69, 9.17) is 9.15 Å². The first-order valence-corrected chi connectivity index (χ1v) is 13.2. The van der Waals surface area contributed by atoms with E-state index in [0.717, 1.165) is 34.6 Å². The van der Waals surface area contributed by atoms with Gasteiger partial charge in [-0.15, -0.1) is 0 Å². The number of ketones is 1. The topological polar surface area (TPSA) is 81.4 Å². The highest BCUT2D eigenvalue weighted by Gasteiger charge is 2.16. The molecule has 0 amide bonds. The van der Waals surface area contributed by atoms with Crippen molar-refractivity contribution in [2.45, 2.75) is 25.8 Å². The third kappa shape index (κ3) is 6.53. The number of aldehydes is 1. The lowest BCUT2D eigenvalue weighted by molar-refractivity contribution is -0.108. The van der Waals surface area contributed by atoms with Crippen LogP contribution in [-0.4, -0.2) is 29.7 Å². The number of oxazole rings is 1. The van der Waals surface area contributed by atoms with Gasteiger partial charge >= 0.3 is 0 Å². The van der Waals surface area contributed by atoms with Gasteiger partial charge in [0.1, 0.15) is 17.8 Å². The van der Waals surface area contributed by atoms with Crippen LogP contribution in [0.4, 0.5) is 5.69 Å². The fourth-order valence-corrected chi connectivity index (χ4v) is 4.49. The number of ether oxygens (including phenoxy) is 1. The van der Waals surface area contributed by atoms with Crippen LogP contribution in [0, 0.1) is 6.92 Å². The molecule has 0 fully saturated rings. The minimum atomic E-state index is -0.495. The highest BCUT2D eigenvalue weighted by Crippen LogP contribution is 2.23. The molecule has 200 valence electrons. The van der Waals surface area contributed by atoms with Gasteiger partial charge in [0.2, 0.25) is 5.89 Å². The molecule has 0 aliphatic rings. The van der Waals surface area contributed by atoms with E-state index < -0.39 is 6.04 Å². The van der Waals surface area contributed by atoms with Gasteiger partial charge in [0.15, 0.2) is 5.78 Å². The van der Waals surface area contributed by atoms with Crippen LogP contribution >= 0.6 is 0 Å². The molecule has 1 heterocycles. The number of anilines is 1. The minimum Gasteiger partial charge on any atom is -0.493 e. The van der Waals surface area contributed by atoms with Crippen molar-refractivity contribution < 1.29 is 18.7 Å². The fraction of sp³-hybridized carbons (Fsp3) is 0.147. The van der Waals surface area contributed by atoms with Crippen molar-refractivity contribution in [1.82, 2.24) is 4.98 Å². The maximum Gasteiger partial charge on any atom is 0.226 e. The van der Waals surface area contributed by atoms with E-state index >= 15 is 0 Å². The second-order valence-electron chi connectivity index (χ2n) is 9.46. The molecule has 1 aromatic heterocycles. The molecule has 5 aromatic rings. The van der Waals surface area contributed by atoms with Crippen LogP contribution in [0.15, 0.2) is 114 Å². The minimum absolute atomic E-state index is 0.0908. The molecular weight excluding hydrogens is 500 g/mol. The molecule has 0 saturated heterocycles. The van der Waals surface area contributed by atoms with Crippen LogP contribution in [0.5, 0.6) is 5.75 Å². The first-order valence-electron chi connectivity index (χ1n) is 13.2. The van der Waals surface area contributed by atoms with Crippen LogP contribution in [0.25, 0.3) is 11.5 Å². The summed E-state index contributed by atoms with van der Waals surface area (Å²) in [6.45, 7) is 2.38. The molecule has 4 aromatic carbocycles. The molecule has 0 spiro atoms. The van der Waals surface area contributed by atoms with Crippen molar-refractivity contribution in [2.24, 2.45) is 0 Å². The lowest BCUT2D eigenvalue weighted by atomic mass is 10.0. The van der Waals surface area contributed by atoms with Gasteiger partial charge in [-0.2, -0.15) is 0 Å². The smallest absolute Gasteiger partial charge is 0.226 e. The molecule has 0 aliphatic carbocycles. The molecule has 6 heteroatoms. The molecule has 0 aliphatic heterocycles. The van der Waals surface area contributed by atoms with Gasteiger partial charge in [-0.1, -0.05) is 72.8 Å². The molecule has 0 saturated carbocycles. The lowest BCUT2D eigenvalue weighted by Gasteiger charge is -2.17. The van der Waals surface area contributed by atoms with Crippen molar-refractivity contribution in [2.75, 3.05) is 11.9 Å². The summed E-state index contributed by atoms with van der Waals surface area (Å²) in [5.74, 6) is 2.05. The molecular formula is C34H30N2O4. The fourth-order valence-electron chi connectivity index (χ4n) is 4.49. The molecule has 0 bridgehead atoms. The van der Waals surface area contributed by atoms with Gasteiger partial charge < -0.3 is 19.3 Å². The Kier molecular flexibility index (Phi) is 8.47. The van der Waals surface area contributed by atoms with Crippen molar-refractivity contribution in [3.63, 3.8) is 0 Å². The van der Waals surface area contributed by atoms with Gasteiger partial charge in [-0.25, -0.2) is 4.98 Å². The number of aryl methyl sites for hydroxylation is 1. The second-order valence-corrected chi connectivity index (χ2v) is 9.46. The van der Waals surface area contributed by atoms with E-state index in [1.54, 1.807) is 18.2 Å². The predicted molar refractivity (Wildman–Crippen MR) is 156 cm³/mol. The zero-order chi connectivity index (χ0) is 27.7. The highest BCUT2D eigenvalue weighted by atomic mass is 16.5. The Morgan fingerprint density at radius 1 is 0.900 bits per heavy atom. The van der Waals surface area contributed by atoms with Crippen LogP contribution in [0.2, 0.25) is 0 Å². The molecule has 5 rings (SSSR count). The number of hydrogen-bond acceptors (Lipinski definition) is 6. The number of hydrogen-bond donors (Lipinski definition) is 1. The summed E-state index contributed by atoms with van der Waals surface area (Å²) in [7, 11) is 0. The van der Waals surface area contributed by atoms with Gasteiger partial charge in [-0.3, -0.25) is 4.79 Å². The summed E-state index contributed by atoms with van der Waals surface area (Å²) in [5, 5.41) is 3.25. The van der Waals surface area contributed by atoms with Crippen LogP contribution in [0.3, 0.4) is 0 Å². The Balaban J connectivity index is 1.17. The largest absolute Gasteiger partial charge is 0.493 e. The maximum absolute atomic E-state index is 13.0. The predicted octanol–water partition coefficient (Wildman–Crippen LogP) is 6.72. The number of nitrogens with one attached hydrogen (secondary N) is 1. The Morgan fingerprint density at radius 2 is 1.57 bits per heavy atom. The molecule has 1 atom stereocenters. The zero-order valence-corrected chi connectivity index (χ0v) is 22.2. The molecule has 40 heavy (non-hydrogen) atoms. The van der Waals surface area contributed by atoms with Crippen molar-refractivity contribution in [1.29, 1.82) is 0 Å². The lowest BCUT2D eigenvalue weighted by Crippen LogP contribution is -2.25. The van der Waals surface area contributed by atoms with Crippen molar-refractivity contribution in [3.8, 4) is 17.2 Å².